The van der Waals surface area contributed by atoms with Crippen molar-refractivity contribution in [1.82, 2.24) is 10.4 Å². The fourth-order valence-corrected chi connectivity index (χ4v) is 3.71. The number of hydrazine groups is 1. The molecule has 0 saturated carbocycles. The Balaban J connectivity index is 1.78. The number of nitrogens with zero attached hydrogens (tertiary/aromatic N) is 2. The Labute approximate surface area is 180 Å². The van der Waals surface area contributed by atoms with Crippen molar-refractivity contribution >= 4 is 51.9 Å². The summed E-state index contributed by atoms with van der Waals surface area (Å²) in [5.41, 5.74) is 3.07. The zero-order chi connectivity index (χ0) is 21.8. The molecule has 0 radical (unpaired) electrons. The molecule has 2 aromatic carbocycles. The lowest BCUT2D eigenvalue weighted by Gasteiger charge is -2.15. The van der Waals surface area contributed by atoms with E-state index >= 15 is 0 Å². The first-order chi connectivity index (χ1) is 14.3. The van der Waals surface area contributed by atoms with Crippen LogP contribution in [0.5, 0.6) is 11.5 Å². The van der Waals surface area contributed by atoms with Gasteiger partial charge in [-0.15, -0.1) is 0 Å². The molecule has 2 aromatic rings. The standard InChI is InChI=1S/C19H15N3O6S2/c1-27-14-8-5-12(15(10-14)28-2)9-16-18(24)21(19(29)30-16)20-17(23)11-3-6-13(7-4-11)22(25)26/h3-10H,1-2H3,(H,20,23). The minimum Gasteiger partial charge on any atom is -0.497 e. The van der Waals surface area contributed by atoms with E-state index in [1.807, 2.05) is 0 Å². The summed E-state index contributed by atoms with van der Waals surface area (Å²) in [6, 6.07) is 10.1. The number of carbonyl (C=O) groups is 2. The van der Waals surface area contributed by atoms with Crippen LogP contribution in [0.4, 0.5) is 5.69 Å². The summed E-state index contributed by atoms with van der Waals surface area (Å²) in [5.74, 6) is -0.0101. The average Bonchev–Trinajstić information content (AvgIpc) is 3.01. The third kappa shape index (κ3) is 4.42. The van der Waals surface area contributed by atoms with Gasteiger partial charge in [0.05, 0.1) is 24.0 Å². The smallest absolute Gasteiger partial charge is 0.285 e. The van der Waals surface area contributed by atoms with Crippen molar-refractivity contribution in [3.63, 3.8) is 0 Å². The van der Waals surface area contributed by atoms with Gasteiger partial charge in [-0.2, -0.15) is 5.01 Å². The summed E-state index contributed by atoms with van der Waals surface area (Å²) < 4.78 is 10.6. The van der Waals surface area contributed by atoms with Crippen molar-refractivity contribution in [2.24, 2.45) is 0 Å². The maximum absolute atomic E-state index is 12.7. The van der Waals surface area contributed by atoms with E-state index in [-0.39, 0.29) is 15.6 Å². The zero-order valence-electron chi connectivity index (χ0n) is 15.8. The monoisotopic (exact) mass is 445 g/mol. The lowest BCUT2D eigenvalue weighted by molar-refractivity contribution is -0.384. The highest BCUT2D eigenvalue weighted by molar-refractivity contribution is 8.26. The number of amides is 2. The summed E-state index contributed by atoms with van der Waals surface area (Å²) in [4.78, 5) is 35.6. The quantitative estimate of drug-likeness (QED) is 0.312. The van der Waals surface area contributed by atoms with Crippen molar-refractivity contribution in [2.45, 2.75) is 0 Å². The molecule has 9 nitrogen and oxygen atoms in total. The highest BCUT2D eigenvalue weighted by atomic mass is 32.2. The summed E-state index contributed by atoms with van der Waals surface area (Å²) in [6.45, 7) is 0. The molecule has 0 unspecified atom stereocenters. The number of ether oxygens (including phenoxy) is 2. The molecule has 1 fully saturated rings. The van der Waals surface area contributed by atoms with Gasteiger partial charge in [0.2, 0.25) is 0 Å². The van der Waals surface area contributed by atoms with Crippen LogP contribution in [-0.4, -0.2) is 40.3 Å². The molecule has 3 rings (SSSR count). The molecule has 0 aromatic heterocycles. The lowest BCUT2D eigenvalue weighted by atomic mass is 10.1. The molecule has 1 N–H and O–H groups in total. The molecule has 11 heteroatoms. The predicted octanol–water partition coefficient (Wildman–Crippen LogP) is 3.16. The predicted molar refractivity (Wildman–Crippen MR) is 115 cm³/mol. The molecule has 2 amide bonds. The normalized spacial score (nSPS) is 14.7. The molecule has 30 heavy (non-hydrogen) atoms. The maximum Gasteiger partial charge on any atom is 0.285 e. The van der Waals surface area contributed by atoms with Gasteiger partial charge in [0.25, 0.3) is 17.5 Å². The third-order valence-corrected chi connectivity index (χ3v) is 5.38. The molecule has 1 saturated heterocycles. The molecule has 1 aliphatic heterocycles. The van der Waals surface area contributed by atoms with Crippen molar-refractivity contribution in [3.8, 4) is 11.5 Å². The summed E-state index contributed by atoms with van der Waals surface area (Å²) in [7, 11) is 3.04. The number of non-ortho nitro benzene ring substituents is 1. The number of hydrogen-bond donors (Lipinski definition) is 1. The average molecular weight is 445 g/mol. The maximum atomic E-state index is 12.7. The number of nitro groups is 1. The number of carbonyl (C=O) groups excluding carboxylic acids is 2. The number of thioether (sulfide) groups is 1. The Morgan fingerprint density at radius 2 is 1.90 bits per heavy atom. The molecule has 0 atom stereocenters. The Kier molecular flexibility index (Phi) is 6.33. The van der Waals surface area contributed by atoms with E-state index in [2.05, 4.69) is 5.43 Å². The largest absolute Gasteiger partial charge is 0.497 e. The van der Waals surface area contributed by atoms with Gasteiger partial charge in [-0.3, -0.25) is 25.1 Å². The van der Waals surface area contributed by atoms with Crippen LogP contribution in [0, 0.1) is 10.1 Å². The summed E-state index contributed by atoms with van der Waals surface area (Å²) >= 11 is 6.23. The Hall–Kier alpha value is -3.44. The van der Waals surface area contributed by atoms with E-state index in [4.69, 9.17) is 21.7 Å². The van der Waals surface area contributed by atoms with Gasteiger partial charge in [-0.25, -0.2) is 0 Å². The van der Waals surface area contributed by atoms with Crippen LogP contribution in [-0.2, 0) is 4.79 Å². The van der Waals surface area contributed by atoms with Gasteiger partial charge in [0.15, 0.2) is 4.32 Å². The zero-order valence-corrected chi connectivity index (χ0v) is 17.4. The minimum absolute atomic E-state index is 0.145. The van der Waals surface area contributed by atoms with Crippen LogP contribution in [0.2, 0.25) is 0 Å². The SMILES string of the molecule is COc1ccc(C=C2SC(=S)N(NC(=O)c3ccc([N+](=O)[O-])cc3)C2=O)c(OC)c1. The van der Waals surface area contributed by atoms with E-state index in [9.17, 15) is 19.7 Å². The van der Waals surface area contributed by atoms with Gasteiger partial charge in [0, 0.05) is 29.3 Å². The van der Waals surface area contributed by atoms with E-state index in [0.717, 1.165) is 16.8 Å². The van der Waals surface area contributed by atoms with Gasteiger partial charge in [0.1, 0.15) is 11.5 Å². The Morgan fingerprint density at radius 3 is 2.50 bits per heavy atom. The molecule has 0 bridgehead atoms. The second-order valence-corrected chi connectivity index (χ2v) is 7.55. The fourth-order valence-electron chi connectivity index (χ4n) is 2.54. The second kappa shape index (κ2) is 8.93. The summed E-state index contributed by atoms with van der Waals surface area (Å²) in [5, 5.41) is 11.7. The van der Waals surface area contributed by atoms with Gasteiger partial charge >= 0.3 is 0 Å². The number of thiocarbonyl (C=S) groups is 1. The van der Waals surface area contributed by atoms with E-state index < -0.39 is 16.7 Å². The summed E-state index contributed by atoms with van der Waals surface area (Å²) in [6.07, 6.45) is 1.61. The molecular weight excluding hydrogens is 430 g/mol. The highest BCUT2D eigenvalue weighted by Crippen LogP contribution is 2.34. The number of nitrogens with one attached hydrogen (secondary N) is 1. The van der Waals surface area contributed by atoms with Crippen LogP contribution in [0.25, 0.3) is 6.08 Å². The lowest BCUT2D eigenvalue weighted by Crippen LogP contribution is -2.44. The molecule has 1 heterocycles. The number of benzene rings is 2. The van der Waals surface area contributed by atoms with Crippen LogP contribution in [0.1, 0.15) is 15.9 Å². The van der Waals surface area contributed by atoms with Crippen molar-refractivity contribution < 1.29 is 24.0 Å². The van der Waals surface area contributed by atoms with Crippen LogP contribution >= 0.6 is 24.0 Å². The van der Waals surface area contributed by atoms with E-state index in [0.29, 0.717) is 22.0 Å². The van der Waals surface area contributed by atoms with Crippen molar-refractivity contribution in [2.75, 3.05) is 14.2 Å². The van der Waals surface area contributed by atoms with E-state index in [1.165, 1.54) is 38.5 Å². The first-order valence-electron chi connectivity index (χ1n) is 8.39. The number of methoxy groups -OCH3 is 2. The first-order valence-corrected chi connectivity index (χ1v) is 9.62. The molecule has 0 aliphatic carbocycles. The van der Waals surface area contributed by atoms with Gasteiger partial charge in [-0.1, -0.05) is 11.8 Å². The van der Waals surface area contributed by atoms with Gasteiger partial charge in [-0.05, 0) is 42.6 Å². The van der Waals surface area contributed by atoms with Crippen LogP contribution < -0.4 is 14.9 Å². The highest BCUT2D eigenvalue weighted by Gasteiger charge is 2.34. The van der Waals surface area contributed by atoms with Crippen molar-refractivity contribution in [1.29, 1.82) is 0 Å². The Morgan fingerprint density at radius 1 is 1.20 bits per heavy atom. The topological polar surface area (TPSA) is 111 Å². The molecule has 154 valence electrons. The number of rotatable bonds is 6. The van der Waals surface area contributed by atoms with E-state index in [1.54, 1.807) is 24.3 Å². The van der Waals surface area contributed by atoms with Crippen molar-refractivity contribution in [3.05, 3.63) is 68.6 Å². The first kappa shape index (κ1) is 21.3. The molecular formula is C19H15N3O6S2. The number of hydrogen-bond acceptors (Lipinski definition) is 8. The molecule has 1 aliphatic rings. The third-order valence-electron chi connectivity index (χ3n) is 4.07. The number of nitro benzene ring substituents is 1. The van der Waals surface area contributed by atoms with Crippen LogP contribution in [0.15, 0.2) is 47.4 Å². The van der Waals surface area contributed by atoms with Crippen LogP contribution in [0.3, 0.4) is 0 Å². The second-order valence-electron chi connectivity index (χ2n) is 5.87. The minimum atomic E-state index is -0.621. The fraction of sp³-hybridized carbons (Fsp3) is 0.105. The molecule has 0 spiro atoms. The van der Waals surface area contributed by atoms with Gasteiger partial charge < -0.3 is 9.47 Å². The Bertz CT molecular complexity index is 1070.